The molecule has 0 radical (unpaired) electrons. The highest BCUT2D eigenvalue weighted by molar-refractivity contribution is 7.88. The van der Waals surface area contributed by atoms with Crippen molar-refractivity contribution >= 4 is 95.8 Å². The maximum Gasteiger partial charge on any atom is 0.416 e. The predicted molar refractivity (Wildman–Crippen MR) is 531 cm³/mol. The van der Waals surface area contributed by atoms with Crippen LogP contribution in [0.3, 0.4) is 0 Å². The lowest BCUT2D eigenvalue weighted by Gasteiger charge is -2.34. The minimum atomic E-state index is -4.60. The lowest BCUT2D eigenvalue weighted by Crippen LogP contribution is -2.44. The summed E-state index contributed by atoms with van der Waals surface area (Å²) in [4.78, 5) is 98.4. The second-order valence-electron chi connectivity index (χ2n) is 37.4. The van der Waals surface area contributed by atoms with E-state index in [-0.39, 0.29) is 46.4 Å². The van der Waals surface area contributed by atoms with E-state index in [2.05, 4.69) is 202 Å². The van der Waals surface area contributed by atoms with E-state index in [1.807, 2.05) is 57.3 Å². The second kappa shape index (κ2) is 39.8. The maximum absolute atomic E-state index is 14.5. The number of hydrogen-bond acceptors (Lipinski definition) is 23. The quantitative estimate of drug-likeness (QED) is 0.0639. The SMILES string of the molecule is CCn1c(=O)c(-c2ncc(C3CCN(C)C3)cc2C)cc2cnc(Nc3ccc(N4CCN(C)CC4)cc3)nc21.Cc1c(-c2cc3cnc(Nc4ccc(C5CCCN(C)C5)cc4)nc3n(Cc3ccccc3C(F)(F)F)c2=O)ncn1C1=CCC=N1.Cc1cc(C2CCCN2C)ccc1-c1cc2cnc(Nc3ccc(C4CCN(C)CC4)cc3)nc2n(C2CCN(S(C)(=O)=O)CC2)c1=O. The second-order valence-corrected chi connectivity index (χ2v) is 39.4. The largest absolute Gasteiger partial charge is 0.416 e. The van der Waals surface area contributed by atoms with Gasteiger partial charge in [-0.2, -0.15) is 28.1 Å². The van der Waals surface area contributed by atoms with Crippen LogP contribution in [0.1, 0.15) is 151 Å². The third-order valence-electron chi connectivity index (χ3n) is 28.1. The number of piperidine rings is 3. The average molecular weight is 1850 g/mol. The van der Waals surface area contributed by atoms with Crippen LogP contribution in [0.4, 0.5) is 53.8 Å². The molecule has 7 aliphatic rings. The first kappa shape index (κ1) is 92.9. The zero-order valence-electron chi connectivity index (χ0n) is 78.4. The number of rotatable bonds is 20. The molecule has 0 spiro atoms. The Kier molecular flexibility index (Phi) is 27.4. The van der Waals surface area contributed by atoms with Crippen LogP contribution in [0.25, 0.3) is 72.6 Å². The molecule has 6 fully saturated rings. The Bertz CT molecular complexity index is 6920. The first-order valence-electron chi connectivity index (χ1n) is 47.1. The Balaban J connectivity index is 0.000000136. The van der Waals surface area contributed by atoms with Gasteiger partial charge in [-0.1, -0.05) is 66.7 Å². The summed E-state index contributed by atoms with van der Waals surface area (Å²) in [5.74, 6) is 3.35. The summed E-state index contributed by atoms with van der Waals surface area (Å²) < 4.78 is 74.8. The number of halogens is 3. The molecule has 7 aliphatic heterocycles. The molecule has 5 aromatic carbocycles. The lowest BCUT2D eigenvalue weighted by molar-refractivity contribution is -0.138. The molecule has 28 nitrogen and oxygen atoms in total. The van der Waals surface area contributed by atoms with Crippen molar-refractivity contribution < 1.29 is 21.6 Å². The number of alkyl halides is 3. The number of hydrogen-bond donors (Lipinski definition) is 3. The number of fused-ring (bicyclic) bond motifs is 3. The molecule has 15 heterocycles. The molecule has 0 bridgehead atoms. The fourth-order valence-electron chi connectivity index (χ4n) is 20.4. The number of sulfonamides is 1. The van der Waals surface area contributed by atoms with Crippen LogP contribution < -0.4 is 37.5 Å². The van der Waals surface area contributed by atoms with Gasteiger partial charge in [0.2, 0.25) is 27.9 Å². The molecule has 3 atom stereocenters. The van der Waals surface area contributed by atoms with Crippen LogP contribution in [-0.4, -0.2) is 228 Å². The maximum atomic E-state index is 14.5. The lowest BCUT2D eigenvalue weighted by atomic mass is 9.89. The highest BCUT2D eigenvalue weighted by Crippen LogP contribution is 2.40. The summed E-state index contributed by atoms with van der Waals surface area (Å²) in [5.41, 5.74) is 15.0. The highest BCUT2D eigenvalue weighted by Gasteiger charge is 2.36. The number of nitrogens with zero attached hydrogens (tertiary/aromatic N) is 20. The van der Waals surface area contributed by atoms with E-state index in [0.29, 0.717) is 120 Å². The van der Waals surface area contributed by atoms with E-state index in [4.69, 9.17) is 15.0 Å². The van der Waals surface area contributed by atoms with Gasteiger partial charge in [-0.25, -0.2) is 37.7 Å². The van der Waals surface area contributed by atoms with Crippen molar-refractivity contribution in [3.63, 3.8) is 0 Å². The van der Waals surface area contributed by atoms with Gasteiger partial charge in [-0.15, -0.1) is 0 Å². The smallest absolute Gasteiger partial charge is 0.369 e. The van der Waals surface area contributed by atoms with Crippen molar-refractivity contribution in [3.8, 4) is 33.6 Å². The molecule has 32 heteroatoms. The average Bonchev–Trinajstić information content (AvgIpc) is 1.53. The van der Waals surface area contributed by atoms with Gasteiger partial charge >= 0.3 is 6.18 Å². The van der Waals surface area contributed by atoms with Crippen molar-refractivity contribution in [2.45, 2.75) is 141 Å². The summed E-state index contributed by atoms with van der Waals surface area (Å²) in [6.07, 6.45) is 18.9. The fraction of sp³-hybridized carbons (Fsp3) is 0.398. The predicted octanol–water partition coefficient (Wildman–Crippen LogP) is 16.6. The van der Waals surface area contributed by atoms with Gasteiger partial charge in [-0.3, -0.25) is 42.5 Å². The van der Waals surface area contributed by atoms with E-state index in [0.717, 1.165) is 154 Å². The molecule has 702 valence electrons. The van der Waals surface area contributed by atoms with Gasteiger partial charge < -0.3 is 40.4 Å². The molecule has 0 aliphatic carbocycles. The van der Waals surface area contributed by atoms with Gasteiger partial charge in [0, 0.05) is 159 Å². The zero-order chi connectivity index (χ0) is 94.1. The van der Waals surface area contributed by atoms with Gasteiger partial charge in [0.25, 0.3) is 16.7 Å². The number of aryl methyl sites for hydroxylation is 3. The van der Waals surface area contributed by atoms with Crippen LogP contribution in [0.15, 0.2) is 196 Å². The van der Waals surface area contributed by atoms with Gasteiger partial charge in [-0.05, 0) is 295 Å². The molecule has 0 amide bonds. The van der Waals surface area contributed by atoms with Crippen molar-refractivity contribution in [3.05, 3.63) is 258 Å². The molecular weight excluding hydrogens is 1730 g/mol. The number of aliphatic imine (C=N–C) groups is 1. The first-order chi connectivity index (χ1) is 65.1. The number of piperazine rings is 1. The summed E-state index contributed by atoms with van der Waals surface area (Å²) in [6.45, 7) is 20.6. The molecule has 6 saturated heterocycles. The van der Waals surface area contributed by atoms with Crippen molar-refractivity contribution in [2.75, 3.05) is 147 Å². The van der Waals surface area contributed by atoms with E-state index in [1.165, 1.54) is 80.5 Å². The van der Waals surface area contributed by atoms with Gasteiger partial charge in [0.1, 0.15) is 29.1 Å². The molecule has 8 aromatic heterocycles. The highest BCUT2D eigenvalue weighted by atomic mass is 32.2. The van der Waals surface area contributed by atoms with E-state index >= 15 is 0 Å². The molecule has 13 aromatic rings. The summed E-state index contributed by atoms with van der Waals surface area (Å²) >= 11 is 0. The molecule has 135 heavy (non-hydrogen) atoms. The number of allylic oxidation sites excluding steroid dienone is 1. The monoisotopic (exact) mass is 1850 g/mol. The van der Waals surface area contributed by atoms with Gasteiger partial charge in [0.05, 0.1) is 40.9 Å². The number of aromatic nitrogens is 12. The van der Waals surface area contributed by atoms with Crippen LogP contribution in [-0.2, 0) is 29.3 Å². The Morgan fingerprint density at radius 3 is 1.59 bits per heavy atom. The van der Waals surface area contributed by atoms with Crippen LogP contribution in [0.2, 0.25) is 0 Å². The minimum Gasteiger partial charge on any atom is -0.369 e. The van der Waals surface area contributed by atoms with Crippen molar-refractivity contribution in [1.29, 1.82) is 0 Å². The van der Waals surface area contributed by atoms with E-state index in [9.17, 15) is 36.0 Å². The summed E-state index contributed by atoms with van der Waals surface area (Å²) in [7, 11) is 7.51. The number of imidazole rings is 1. The minimum absolute atomic E-state index is 0.0506. The number of pyridine rings is 4. The number of anilines is 7. The fourth-order valence-corrected chi connectivity index (χ4v) is 21.3. The number of nitrogens with one attached hydrogen (secondary N) is 3. The topological polar surface area (TPSA) is 279 Å². The summed E-state index contributed by atoms with van der Waals surface area (Å²) in [5, 5.41) is 12.0. The van der Waals surface area contributed by atoms with Crippen LogP contribution >= 0.6 is 0 Å². The Morgan fingerprint density at radius 1 is 0.474 bits per heavy atom. The van der Waals surface area contributed by atoms with Crippen LogP contribution in [0.5, 0.6) is 0 Å². The molecule has 0 saturated carbocycles. The summed E-state index contributed by atoms with van der Waals surface area (Å²) in [6, 6.07) is 44.6. The Hall–Kier alpha value is -12.6. The van der Waals surface area contributed by atoms with E-state index < -0.39 is 27.3 Å². The van der Waals surface area contributed by atoms with E-state index in [1.54, 1.807) is 50.9 Å². The molecule has 3 unspecified atom stereocenters. The third kappa shape index (κ3) is 20.5. The molecule has 20 rings (SSSR count). The van der Waals surface area contributed by atoms with Crippen molar-refractivity contribution in [2.24, 2.45) is 4.99 Å². The third-order valence-corrected chi connectivity index (χ3v) is 29.4. The number of likely N-dealkylation sites (tertiary alicyclic amines) is 4. The van der Waals surface area contributed by atoms with Crippen molar-refractivity contribution in [1.82, 2.24) is 86.9 Å². The zero-order valence-corrected chi connectivity index (χ0v) is 79.2. The normalized spacial score (nSPS) is 18.8. The number of likely N-dealkylation sites (N-methyl/N-ethyl adjacent to an activating group) is 3. The standard InChI is InChI=1S/C37H47N7O3S.C35H33F3N8O.C31H38N8O/c1-25-22-28(34-6-5-17-42(34)3)9-12-32(25)33-23-29-24-38-37(39-30-10-7-26(8-11-30)27-13-18-41(2)19-14-27)40-35(29)44(36(33)45)31-15-20-43(21-16-31)48(4,46)47;1-22-31(41-21-46(22)30-10-5-15-39-30)28-17-26-18-40-34(42-27-13-11-23(12-14-27)24-8-6-16-44(2)19-24)43-32(26)45(33(28)47)20-25-7-3-4-9-29(25)35(36,37)38;1-5-39-29-24(17-27(30(39)40)28-21(2)16-23(18-32-28)22-10-11-37(4)20-22)19-33-31(35-29)34-25-6-8-26(9-7-25)38-14-12-36(3)13-15-38/h7-12,22-24,27,31,34H,5-6,13-21H2,1-4H3,(H,38,39,40);3-4,7,9-15,17-18,21,24H,5-6,8,16,19-20H2,1-2H3,(H,40,42,43);6-9,16-19,22H,5,10-15,20H2,1-4H3,(H,33,34,35). The molecular formula is C103H118F3N23O5S. The number of benzene rings is 5. The Labute approximate surface area is 784 Å². The Morgan fingerprint density at radius 2 is 1.01 bits per heavy atom. The molecule has 3 N–H and O–H groups in total. The first-order valence-corrected chi connectivity index (χ1v) is 48.9. The van der Waals surface area contributed by atoms with Crippen LogP contribution in [0, 0.1) is 20.8 Å². The van der Waals surface area contributed by atoms with Gasteiger partial charge in [0.15, 0.2) is 0 Å².